The summed E-state index contributed by atoms with van der Waals surface area (Å²) in [5.74, 6) is 0.676. The zero-order valence-electron chi connectivity index (χ0n) is 20.0. The van der Waals surface area contributed by atoms with E-state index in [1.54, 1.807) is 71.4 Å². The summed E-state index contributed by atoms with van der Waals surface area (Å²) in [6, 6.07) is 11.7. The number of esters is 1. The molecule has 0 aliphatic carbocycles. The highest BCUT2D eigenvalue weighted by Crippen LogP contribution is 2.34. The zero-order chi connectivity index (χ0) is 25.3. The van der Waals surface area contributed by atoms with Gasteiger partial charge in [-0.25, -0.2) is 9.79 Å². The lowest BCUT2D eigenvalue weighted by atomic mass is 9.96. The number of rotatable bonds is 6. The number of aromatic nitrogens is 1. The third-order valence-electron chi connectivity index (χ3n) is 5.51. The minimum absolute atomic E-state index is 0.285. The lowest BCUT2D eigenvalue weighted by Gasteiger charge is -2.26. The molecule has 0 bridgehead atoms. The van der Waals surface area contributed by atoms with E-state index in [0.717, 1.165) is 0 Å². The van der Waals surface area contributed by atoms with Gasteiger partial charge in [0, 0.05) is 16.7 Å². The number of hydrogen-bond acceptors (Lipinski definition) is 7. The van der Waals surface area contributed by atoms with Crippen LogP contribution in [0, 0.1) is 0 Å². The first-order valence-corrected chi connectivity index (χ1v) is 12.1. The number of carbonyl (C=O) groups is 1. The molecule has 0 radical (unpaired) electrons. The second-order valence-corrected chi connectivity index (χ2v) is 9.58. The molecular formula is C26H25ClN2O5S. The quantitative estimate of drug-likeness (QED) is 0.469. The summed E-state index contributed by atoms with van der Waals surface area (Å²) in [7, 11) is 3.13. The normalized spacial score (nSPS) is 15.6. The van der Waals surface area contributed by atoms with Crippen molar-refractivity contribution in [3.8, 4) is 11.5 Å². The Morgan fingerprint density at radius 1 is 1.17 bits per heavy atom. The van der Waals surface area contributed by atoms with E-state index in [-0.39, 0.29) is 17.2 Å². The minimum atomic E-state index is -0.772. The highest BCUT2D eigenvalue weighted by Gasteiger charge is 2.34. The Morgan fingerprint density at radius 3 is 2.57 bits per heavy atom. The molecule has 3 aromatic rings. The predicted octanol–water partition coefficient (Wildman–Crippen LogP) is 3.86. The third-order valence-corrected chi connectivity index (χ3v) is 6.84. The fourth-order valence-corrected chi connectivity index (χ4v) is 5.21. The van der Waals surface area contributed by atoms with Crippen LogP contribution in [0.15, 0.2) is 63.5 Å². The zero-order valence-corrected chi connectivity index (χ0v) is 21.6. The first-order chi connectivity index (χ1) is 16.7. The van der Waals surface area contributed by atoms with Crippen LogP contribution in [0.1, 0.15) is 37.9 Å². The second-order valence-electron chi connectivity index (χ2n) is 8.17. The summed E-state index contributed by atoms with van der Waals surface area (Å²) < 4.78 is 18.2. The molecule has 35 heavy (non-hydrogen) atoms. The van der Waals surface area contributed by atoms with E-state index in [4.69, 9.17) is 25.8 Å². The van der Waals surface area contributed by atoms with Gasteiger partial charge >= 0.3 is 5.97 Å². The summed E-state index contributed by atoms with van der Waals surface area (Å²) in [5, 5.41) is 0.438. The Hall–Kier alpha value is -3.36. The van der Waals surface area contributed by atoms with Gasteiger partial charge in [-0.3, -0.25) is 9.36 Å². The van der Waals surface area contributed by atoms with Gasteiger partial charge in [-0.15, -0.1) is 0 Å². The van der Waals surface area contributed by atoms with Crippen molar-refractivity contribution < 1.29 is 19.0 Å². The van der Waals surface area contributed by atoms with Crippen LogP contribution in [0.3, 0.4) is 0 Å². The van der Waals surface area contributed by atoms with Gasteiger partial charge in [0.25, 0.3) is 5.56 Å². The van der Waals surface area contributed by atoms with Crippen molar-refractivity contribution in [2.24, 2.45) is 4.99 Å². The molecule has 0 spiro atoms. The van der Waals surface area contributed by atoms with Crippen LogP contribution < -0.4 is 24.4 Å². The number of hydrogen-bond donors (Lipinski definition) is 0. The van der Waals surface area contributed by atoms with Gasteiger partial charge in [0.2, 0.25) is 0 Å². The van der Waals surface area contributed by atoms with Gasteiger partial charge in [0.1, 0.15) is 17.5 Å². The molecule has 4 rings (SSSR count). The lowest BCUT2D eigenvalue weighted by Crippen LogP contribution is -2.40. The smallest absolute Gasteiger partial charge is 0.338 e. The van der Waals surface area contributed by atoms with Crippen LogP contribution in [0.5, 0.6) is 11.5 Å². The number of ether oxygens (including phenoxy) is 3. The summed E-state index contributed by atoms with van der Waals surface area (Å²) in [5.41, 5.74) is 1.80. The van der Waals surface area contributed by atoms with E-state index < -0.39 is 12.0 Å². The van der Waals surface area contributed by atoms with Crippen LogP contribution >= 0.6 is 22.9 Å². The van der Waals surface area contributed by atoms with Gasteiger partial charge in [-0.2, -0.15) is 0 Å². The van der Waals surface area contributed by atoms with Crippen LogP contribution in [0.4, 0.5) is 0 Å². The molecule has 0 saturated carbocycles. The molecule has 182 valence electrons. The largest absolute Gasteiger partial charge is 0.497 e. The van der Waals surface area contributed by atoms with Gasteiger partial charge in [-0.05, 0) is 50.6 Å². The lowest BCUT2D eigenvalue weighted by molar-refractivity contribution is -0.143. The average molecular weight is 513 g/mol. The molecule has 1 unspecified atom stereocenters. The maximum atomic E-state index is 13.7. The molecule has 1 aliphatic heterocycles. The van der Waals surface area contributed by atoms with Crippen molar-refractivity contribution in [2.45, 2.75) is 32.9 Å². The van der Waals surface area contributed by atoms with Crippen LogP contribution in [-0.2, 0) is 9.53 Å². The number of nitrogens with zero attached hydrogens (tertiary/aromatic N) is 2. The standard InChI is InChI=1S/C26H25ClN2O5S/c1-14(2)34-25(31)22-15(3)28-26-29(23(22)18-8-6-7-9-19(18)27)24(30)21(35-26)12-16-10-11-17(32-4)13-20(16)33-5/h6-14,23H,1-5H3. The first-order valence-electron chi connectivity index (χ1n) is 10.9. The van der Waals surface area contributed by atoms with E-state index in [1.807, 2.05) is 12.1 Å². The number of thiazole rings is 1. The Bertz CT molecular complexity index is 1500. The Labute approximate surface area is 211 Å². The van der Waals surface area contributed by atoms with Crippen LogP contribution in [-0.4, -0.2) is 30.9 Å². The van der Waals surface area contributed by atoms with E-state index in [2.05, 4.69) is 4.99 Å². The number of fused-ring (bicyclic) bond motifs is 1. The molecule has 2 heterocycles. The van der Waals surface area contributed by atoms with Gasteiger partial charge in [0.15, 0.2) is 4.80 Å². The maximum Gasteiger partial charge on any atom is 0.338 e. The van der Waals surface area contributed by atoms with Crippen molar-refractivity contribution in [3.63, 3.8) is 0 Å². The van der Waals surface area contributed by atoms with Gasteiger partial charge < -0.3 is 14.2 Å². The molecule has 1 atom stereocenters. The second kappa shape index (κ2) is 10.1. The number of allylic oxidation sites excluding steroid dienone is 1. The van der Waals surface area contributed by atoms with Crippen LogP contribution in [0.25, 0.3) is 6.08 Å². The van der Waals surface area contributed by atoms with E-state index in [0.29, 0.717) is 42.7 Å². The van der Waals surface area contributed by atoms with Crippen molar-refractivity contribution in [2.75, 3.05) is 14.2 Å². The van der Waals surface area contributed by atoms with Gasteiger partial charge in [0.05, 0.1) is 36.1 Å². The van der Waals surface area contributed by atoms with E-state index >= 15 is 0 Å². The van der Waals surface area contributed by atoms with E-state index in [1.165, 1.54) is 15.9 Å². The molecule has 1 aliphatic rings. The maximum absolute atomic E-state index is 13.7. The number of halogens is 1. The van der Waals surface area contributed by atoms with E-state index in [9.17, 15) is 9.59 Å². The molecule has 2 aromatic carbocycles. The number of benzene rings is 2. The molecule has 7 nitrogen and oxygen atoms in total. The minimum Gasteiger partial charge on any atom is -0.497 e. The van der Waals surface area contributed by atoms with Crippen molar-refractivity contribution in [1.82, 2.24) is 4.57 Å². The average Bonchev–Trinajstić information content (AvgIpc) is 3.12. The SMILES string of the molecule is COc1ccc(C=c2sc3n(c2=O)C(c2ccccc2Cl)C(C(=O)OC(C)C)=C(C)N=3)c(OC)c1. The number of methoxy groups -OCH3 is 2. The van der Waals surface area contributed by atoms with Crippen molar-refractivity contribution in [1.29, 1.82) is 0 Å². The fraction of sp³-hybridized carbons (Fsp3) is 0.269. The molecule has 0 N–H and O–H groups in total. The summed E-state index contributed by atoms with van der Waals surface area (Å²) >= 11 is 7.78. The molecule has 0 fully saturated rings. The Balaban J connectivity index is 1.96. The van der Waals surface area contributed by atoms with Crippen molar-refractivity contribution in [3.05, 3.63) is 89.6 Å². The molecule has 1 aromatic heterocycles. The molecule has 9 heteroatoms. The topological polar surface area (TPSA) is 79.1 Å². The summed E-state index contributed by atoms with van der Waals surface area (Å²) in [4.78, 5) is 31.9. The summed E-state index contributed by atoms with van der Waals surface area (Å²) in [6.07, 6.45) is 1.42. The highest BCUT2D eigenvalue weighted by molar-refractivity contribution is 7.07. The van der Waals surface area contributed by atoms with Crippen molar-refractivity contribution >= 4 is 35.0 Å². The predicted molar refractivity (Wildman–Crippen MR) is 136 cm³/mol. The van der Waals surface area contributed by atoms with Crippen LogP contribution in [0.2, 0.25) is 5.02 Å². The highest BCUT2D eigenvalue weighted by atomic mass is 35.5. The van der Waals surface area contributed by atoms with Gasteiger partial charge in [-0.1, -0.05) is 41.1 Å². The Morgan fingerprint density at radius 2 is 1.91 bits per heavy atom. The number of carbonyl (C=O) groups excluding carboxylic acids is 1. The molecule has 0 amide bonds. The first kappa shape index (κ1) is 24.8. The fourth-order valence-electron chi connectivity index (χ4n) is 3.93. The summed E-state index contributed by atoms with van der Waals surface area (Å²) in [6.45, 7) is 5.29. The molecular weight excluding hydrogens is 488 g/mol. The molecule has 0 saturated heterocycles. The third kappa shape index (κ3) is 4.76. The Kier molecular flexibility index (Phi) is 7.14. The monoisotopic (exact) mass is 512 g/mol.